The summed E-state index contributed by atoms with van der Waals surface area (Å²) in [5.74, 6) is 1.04. The van der Waals surface area contributed by atoms with Crippen LogP contribution in [-0.4, -0.2) is 9.97 Å². The fourth-order valence-electron chi connectivity index (χ4n) is 2.09. The minimum absolute atomic E-state index is 0.255. The van der Waals surface area contributed by atoms with Crippen LogP contribution < -0.4 is 10.6 Å². The minimum atomic E-state index is -0.255. The van der Waals surface area contributed by atoms with Gasteiger partial charge in [0.1, 0.15) is 23.8 Å². The summed E-state index contributed by atoms with van der Waals surface area (Å²) < 4.78 is 12.9. The zero-order valence-corrected chi connectivity index (χ0v) is 12.7. The predicted octanol–water partition coefficient (Wildman–Crippen LogP) is 3.84. The van der Waals surface area contributed by atoms with E-state index in [0.29, 0.717) is 23.7 Å². The highest BCUT2D eigenvalue weighted by atomic mass is 19.1. The highest BCUT2D eigenvalue weighted by Gasteiger charge is 2.01. The molecule has 2 N–H and O–H groups in total. The summed E-state index contributed by atoms with van der Waals surface area (Å²) in [6.45, 7) is 0.535. The number of hydrogen-bond acceptors (Lipinski definition) is 5. The SMILES string of the molecule is N#Cc1ccc(Nc2cc(NCc3ccc(F)cc3)ncn2)cc1. The normalized spacial score (nSPS) is 10.0. The van der Waals surface area contributed by atoms with Gasteiger partial charge in [-0.1, -0.05) is 12.1 Å². The van der Waals surface area contributed by atoms with Crippen molar-refractivity contribution in [1.29, 1.82) is 5.26 Å². The lowest BCUT2D eigenvalue weighted by atomic mass is 10.2. The van der Waals surface area contributed by atoms with Gasteiger partial charge in [0.05, 0.1) is 11.6 Å². The van der Waals surface area contributed by atoms with Gasteiger partial charge in [0.25, 0.3) is 0 Å². The summed E-state index contributed by atoms with van der Waals surface area (Å²) in [6, 6.07) is 17.2. The van der Waals surface area contributed by atoms with E-state index in [4.69, 9.17) is 5.26 Å². The van der Waals surface area contributed by atoms with Crippen molar-refractivity contribution >= 4 is 17.3 Å². The molecule has 0 saturated carbocycles. The van der Waals surface area contributed by atoms with Crippen molar-refractivity contribution in [3.05, 3.63) is 77.9 Å². The molecule has 0 atom stereocenters. The molecule has 0 spiro atoms. The second kappa shape index (κ2) is 7.20. The molecule has 3 aromatic rings. The number of nitrogens with zero attached hydrogens (tertiary/aromatic N) is 3. The first kappa shape index (κ1) is 15.4. The summed E-state index contributed by atoms with van der Waals surface area (Å²) in [5.41, 5.74) is 2.39. The van der Waals surface area contributed by atoms with E-state index in [2.05, 4.69) is 26.7 Å². The van der Waals surface area contributed by atoms with E-state index in [0.717, 1.165) is 11.3 Å². The standard InChI is InChI=1S/C18H14FN5/c19-15-5-1-14(2-6-15)11-21-17-9-18(23-12-22-17)24-16-7-3-13(10-20)4-8-16/h1-9,12H,11H2,(H2,21,22,23,24). The Bertz CT molecular complexity index is 854. The largest absolute Gasteiger partial charge is 0.366 e. The second-order valence-corrected chi connectivity index (χ2v) is 5.08. The van der Waals surface area contributed by atoms with Crippen LogP contribution >= 0.6 is 0 Å². The van der Waals surface area contributed by atoms with Crippen molar-refractivity contribution < 1.29 is 4.39 Å². The van der Waals surface area contributed by atoms with Crippen LogP contribution in [0.3, 0.4) is 0 Å². The average molecular weight is 319 g/mol. The maximum absolute atomic E-state index is 12.9. The van der Waals surface area contributed by atoms with E-state index < -0.39 is 0 Å². The van der Waals surface area contributed by atoms with Gasteiger partial charge in [0.15, 0.2) is 0 Å². The second-order valence-electron chi connectivity index (χ2n) is 5.08. The van der Waals surface area contributed by atoms with E-state index in [1.807, 2.05) is 12.1 Å². The molecule has 118 valence electrons. The molecule has 24 heavy (non-hydrogen) atoms. The molecule has 0 aliphatic heterocycles. The zero-order chi connectivity index (χ0) is 16.8. The lowest BCUT2D eigenvalue weighted by molar-refractivity contribution is 0.627. The summed E-state index contributed by atoms with van der Waals surface area (Å²) in [4.78, 5) is 8.33. The van der Waals surface area contributed by atoms with Crippen LogP contribution in [0.1, 0.15) is 11.1 Å². The minimum Gasteiger partial charge on any atom is -0.366 e. The Morgan fingerprint density at radius 3 is 2.38 bits per heavy atom. The Morgan fingerprint density at radius 2 is 1.67 bits per heavy atom. The Balaban J connectivity index is 1.65. The van der Waals surface area contributed by atoms with Crippen LogP contribution in [0.5, 0.6) is 0 Å². The van der Waals surface area contributed by atoms with E-state index in [1.54, 1.807) is 30.3 Å². The summed E-state index contributed by atoms with van der Waals surface area (Å²) >= 11 is 0. The van der Waals surface area contributed by atoms with Crippen LogP contribution in [0.15, 0.2) is 60.9 Å². The number of benzene rings is 2. The molecule has 0 saturated heterocycles. The lowest BCUT2D eigenvalue weighted by Crippen LogP contribution is -2.03. The molecule has 0 fully saturated rings. The topological polar surface area (TPSA) is 73.6 Å². The molecule has 0 unspecified atom stereocenters. The third-order valence-electron chi connectivity index (χ3n) is 3.34. The lowest BCUT2D eigenvalue weighted by Gasteiger charge is -2.09. The first-order valence-corrected chi connectivity index (χ1v) is 7.30. The van der Waals surface area contributed by atoms with Gasteiger partial charge in [-0.15, -0.1) is 0 Å². The number of aromatic nitrogens is 2. The van der Waals surface area contributed by atoms with Gasteiger partial charge < -0.3 is 10.6 Å². The average Bonchev–Trinajstić information content (AvgIpc) is 2.62. The number of nitriles is 1. The third-order valence-corrected chi connectivity index (χ3v) is 3.34. The molecule has 3 rings (SSSR count). The number of hydrogen-bond donors (Lipinski definition) is 2. The quantitative estimate of drug-likeness (QED) is 0.747. The molecule has 0 aliphatic carbocycles. The Labute approximate surface area is 138 Å². The Kier molecular flexibility index (Phi) is 4.63. The van der Waals surface area contributed by atoms with E-state index in [1.165, 1.54) is 18.5 Å². The highest BCUT2D eigenvalue weighted by molar-refractivity contribution is 5.59. The molecule has 0 bridgehead atoms. The van der Waals surface area contributed by atoms with Gasteiger partial charge in [-0.05, 0) is 42.0 Å². The first-order valence-electron chi connectivity index (χ1n) is 7.30. The maximum Gasteiger partial charge on any atom is 0.135 e. The monoisotopic (exact) mass is 319 g/mol. The number of halogens is 1. The van der Waals surface area contributed by atoms with Crippen LogP contribution in [0.25, 0.3) is 0 Å². The van der Waals surface area contributed by atoms with Crippen molar-refractivity contribution in [3.63, 3.8) is 0 Å². The smallest absolute Gasteiger partial charge is 0.135 e. The van der Waals surface area contributed by atoms with Gasteiger partial charge >= 0.3 is 0 Å². The van der Waals surface area contributed by atoms with Gasteiger partial charge in [-0.3, -0.25) is 0 Å². The van der Waals surface area contributed by atoms with Crippen molar-refractivity contribution in [3.8, 4) is 6.07 Å². The molecule has 0 amide bonds. The van der Waals surface area contributed by atoms with Crippen molar-refractivity contribution in [2.75, 3.05) is 10.6 Å². The van der Waals surface area contributed by atoms with Gasteiger partial charge in [-0.25, -0.2) is 14.4 Å². The number of rotatable bonds is 5. The highest BCUT2D eigenvalue weighted by Crippen LogP contribution is 2.17. The molecule has 0 radical (unpaired) electrons. The summed E-state index contributed by atoms with van der Waals surface area (Å²) in [5, 5.41) is 15.1. The molecular weight excluding hydrogens is 305 g/mol. The van der Waals surface area contributed by atoms with Crippen LogP contribution in [0.4, 0.5) is 21.7 Å². The zero-order valence-electron chi connectivity index (χ0n) is 12.7. The van der Waals surface area contributed by atoms with E-state index in [9.17, 15) is 4.39 Å². The fraction of sp³-hybridized carbons (Fsp3) is 0.0556. The first-order chi connectivity index (χ1) is 11.7. The molecule has 6 heteroatoms. The van der Waals surface area contributed by atoms with Crippen molar-refractivity contribution in [1.82, 2.24) is 9.97 Å². The van der Waals surface area contributed by atoms with Crippen molar-refractivity contribution in [2.45, 2.75) is 6.54 Å². The van der Waals surface area contributed by atoms with Gasteiger partial charge in [0, 0.05) is 18.3 Å². The van der Waals surface area contributed by atoms with Gasteiger partial charge in [0.2, 0.25) is 0 Å². The van der Waals surface area contributed by atoms with Crippen LogP contribution in [-0.2, 0) is 6.54 Å². The molecular formula is C18H14FN5. The number of anilines is 3. The Morgan fingerprint density at radius 1 is 0.958 bits per heavy atom. The van der Waals surface area contributed by atoms with E-state index >= 15 is 0 Å². The molecule has 1 heterocycles. The summed E-state index contributed by atoms with van der Waals surface area (Å²) in [7, 11) is 0. The third kappa shape index (κ3) is 4.05. The van der Waals surface area contributed by atoms with Crippen molar-refractivity contribution in [2.24, 2.45) is 0 Å². The molecule has 5 nitrogen and oxygen atoms in total. The maximum atomic E-state index is 12.9. The van der Waals surface area contributed by atoms with Gasteiger partial charge in [-0.2, -0.15) is 5.26 Å². The van der Waals surface area contributed by atoms with E-state index in [-0.39, 0.29) is 5.82 Å². The number of nitrogens with one attached hydrogen (secondary N) is 2. The summed E-state index contributed by atoms with van der Waals surface area (Å²) in [6.07, 6.45) is 1.46. The van der Waals surface area contributed by atoms with Crippen LogP contribution in [0.2, 0.25) is 0 Å². The van der Waals surface area contributed by atoms with Crippen LogP contribution in [0, 0.1) is 17.1 Å². The molecule has 2 aromatic carbocycles. The molecule has 1 aromatic heterocycles. The Hall–Kier alpha value is -3.46. The fourth-order valence-corrected chi connectivity index (χ4v) is 2.09. The predicted molar refractivity (Wildman–Crippen MR) is 90.2 cm³/mol. The molecule has 0 aliphatic rings.